The zero-order valence-electron chi connectivity index (χ0n) is 8.50. The molecule has 3 radical (unpaired) electrons. The van der Waals surface area contributed by atoms with E-state index in [1.165, 1.54) is 0 Å². The van der Waals surface area contributed by atoms with Gasteiger partial charge in [0.2, 0.25) is 0 Å². The Kier molecular flexibility index (Phi) is 10.3. The van der Waals surface area contributed by atoms with Gasteiger partial charge >= 0.3 is 84.9 Å². The minimum absolute atomic E-state index is 0.0242. The van der Waals surface area contributed by atoms with E-state index in [-0.39, 0.29) is 21.1 Å². The van der Waals surface area contributed by atoms with Crippen LogP contribution in [0, 0.1) is 0 Å². The summed E-state index contributed by atoms with van der Waals surface area (Å²) >= 11 is -0.519. The van der Waals surface area contributed by atoms with Crippen molar-refractivity contribution >= 4 is 40.9 Å². The summed E-state index contributed by atoms with van der Waals surface area (Å²) in [4.78, 5) is 9.47. The van der Waals surface area contributed by atoms with Gasteiger partial charge in [0.1, 0.15) is 0 Å². The van der Waals surface area contributed by atoms with Crippen LogP contribution in [0.2, 0.25) is 23.2 Å². The zero-order chi connectivity index (χ0) is 8.78. The first-order valence-electron chi connectivity index (χ1n) is 3.75. The first kappa shape index (κ1) is 14.1. The molecule has 61 valence electrons. The van der Waals surface area contributed by atoms with Crippen molar-refractivity contribution in [2.24, 2.45) is 0 Å². The summed E-state index contributed by atoms with van der Waals surface area (Å²) < 4.78 is 0.712. The van der Waals surface area contributed by atoms with E-state index in [2.05, 4.69) is 40.5 Å². The van der Waals surface area contributed by atoms with Gasteiger partial charge in [-0.1, -0.05) is 0 Å². The van der Waals surface area contributed by atoms with E-state index < -0.39 is 19.8 Å². The molecule has 0 aromatic rings. The van der Waals surface area contributed by atoms with Crippen LogP contribution in [0.15, 0.2) is 0 Å². The number of rotatable bonds is 0. The summed E-state index contributed by atoms with van der Waals surface area (Å²) in [5.74, 6) is 0. The Hall–Kier alpha value is 1.60. The van der Waals surface area contributed by atoms with E-state index >= 15 is 0 Å². The molecule has 0 aliphatic heterocycles. The summed E-state index contributed by atoms with van der Waals surface area (Å²) in [6, 6.07) is 0. The van der Waals surface area contributed by atoms with Crippen LogP contribution in [-0.4, -0.2) is 40.9 Å². The van der Waals surface area contributed by atoms with Gasteiger partial charge < -0.3 is 0 Å². The molecule has 0 spiro atoms. The Balaban J connectivity index is 0. The van der Waals surface area contributed by atoms with Crippen molar-refractivity contribution < 1.29 is 0 Å². The van der Waals surface area contributed by atoms with Crippen LogP contribution < -0.4 is 0 Å². The molecule has 10 heavy (non-hydrogen) atoms. The van der Waals surface area contributed by atoms with E-state index in [4.69, 9.17) is 0 Å². The fourth-order valence-electron chi connectivity index (χ4n) is 0. The van der Waals surface area contributed by atoms with Crippen LogP contribution in [0.1, 0.15) is 20.8 Å². The fraction of sp³-hybridized carbons (Fsp3) is 1.00. The molecule has 0 heterocycles. The van der Waals surface area contributed by atoms with Crippen molar-refractivity contribution in [2.45, 2.75) is 44.0 Å². The van der Waals surface area contributed by atoms with Crippen molar-refractivity contribution in [1.82, 2.24) is 0 Å². The summed E-state index contributed by atoms with van der Waals surface area (Å²) in [6.07, 6.45) is 0. The Morgan fingerprint density at radius 2 is 1.10 bits per heavy atom. The number of hydrogen-bond donors (Lipinski definition) is 0. The maximum atomic E-state index is 2.38. The first-order chi connectivity index (χ1) is 4.29. The molecule has 0 N–H and O–H groups in total. The van der Waals surface area contributed by atoms with Crippen LogP contribution in [0.3, 0.4) is 0 Å². The third kappa shape index (κ3) is 33.6. The van der Waals surface area contributed by atoms with Gasteiger partial charge in [0.15, 0.2) is 0 Å². The minimum atomic E-state index is -0.543. The molecule has 0 aromatic carbocycles. The fourth-order valence-corrected chi connectivity index (χ4v) is 0. The first-order valence-corrected chi connectivity index (χ1v) is 16.6. The van der Waals surface area contributed by atoms with Crippen LogP contribution in [0.25, 0.3) is 0 Å². The van der Waals surface area contributed by atoms with Crippen molar-refractivity contribution in [1.29, 1.82) is 0 Å². The van der Waals surface area contributed by atoms with Gasteiger partial charge in [-0.3, -0.25) is 0 Å². The van der Waals surface area contributed by atoms with E-state index in [1.807, 2.05) is 0 Å². The predicted molar refractivity (Wildman–Crippen MR) is 54.7 cm³/mol. The van der Waals surface area contributed by atoms with Gasteiger partial charge in [0, 0.05) is 0 Å². The zero-order valence-corrected chi connectivity index (χ0v) is 14.2. The van der Waals surface area contributed by atoms with E-state index in [0.29, 0.717) is 3.43 Å². The molecule has 0 amide bonds. The molecular formula is C8H21Sn2. The molecule has 0 nitrogen and oxygen atoms in total. The number of hydrogen-bond acceptors (Lipinski definition) is 0. The van der Waals surface area contributed by atoms with Crippen molar-refractivity contribution in [3.05, 3.63) is 0 Å². The van der Waals surface area contributed by atoms with E-state index in [1.54, 1.807) is 0 Å². The summed E-state index contributed by atoms with van der Waals surface area (Å²) in [6.45, 7) is 6.96. The second-order valence-corrected chi connectivity index (χ2v) is 18.3. The molecule has 0 aliphatic carbocycles. The SMILES string of the molecule is [CH3][Sn]([CH3])[CH3].[CH3][Sn][C](C)(C)C. The molecule has 0 saturated carbocycles. The Morgan fingerprint density at radius 3 is 1.10 bits per heavy atom. The third-order valence-corrected chi connectivity index (χ3v) is 5.03. The van der Waals surface area contributed by atoms with Crippen molar-refractivity contribution in [2.75, 3.05) is 0 Å². The van der Waals surface area contributed by atoms with Crippen molar-refractivity contribution in [3.63, 3.8) is 0 Å². The molecule has 0 unspecified atom stereocenters. The summed E-state index contributed by atoms with van der Waals surface area (Å²) in [5, 5.41) is 0. The Morgan fingerprint density at radius 1 is 1.00 bits per heavy atom. The summed E-state index contributed by atoms with van der Waals surface area (Å²) in [5.41, 5.74) is 0. The molecule has 0 rings (SSSR count). The van der Waals surface area contributed by atoms with Crippen LogP contribution in [-0.2, 0) is 0 Å². The normalized spacial score (nSPS) is 10.8. The Bertz CT molecular complexity index is 59.4. The molecule has 2 heteroatoms. The van der Waals surface area contributed by atoms with E-state index in [9.17, 15) is 0 Å². The third-order valence-electron chi connectivity index (χ3n) is 0.750. The molecule has 0 fully saturated rings. The van der Waals surface area contributed by atoms with Crippen molar-refractivity contribution in [3.8, 4) is 0 Å². The summed E-state index contributed by atoms with van der Waals surface area (Å²) in [7, 11) is 0. The van der Waals surface area contributed by atoms with Crippen LogP contribution in [0.4, 0.5) is 0 Å². The maximum absolute atomic E-state index is 2.38. The molecule has 0 saturated heterocycles. The van der Waals surface area contributed by atoms with Gasteiger partial charge in [0.25, 0.3) is 0 Å². The average Bonchev–Trinajstić information content (AvgIpc) is 1.63. The molecular weight excluding hydrogens is 334 g/mol. The van der Waals surface area contributed by atoms with Gasteiger partial charge in [-0.15, -0.1) is 0 Å². The van der Waals surface area contributed by atoms with Crippen LogP contribution >= 0.6 is 0 Å². The quantitative estimate of drug-likeness (QED) is 0.585. The average molecular weight is 355 g/mol. The molecule has 0 bridgehead atoms. The van der Waals surface area contributed by atoms with Gasteiger partial charge in [-0.25, -0.2) is 0 Å². The molecule has 0 atom stereocenters. The Labute approximate surface area is 84.1 Å². The van der Waals surface area contributed by atoms with Crippen LogP contribution in [0.5, 0.6) is 0 Å². The molecule has 0 aromatic heterocycles. The second kappa shape index (κ2) is 7.26. The monoisotopic (exact) mass is 357 g/mol. The molecule has 0 aliphatic rings. The van der Waals surface area contributed by atoms with Gasteiger partial charge in [-0.05, 0) is 0 Å². The standard InChI is InChI=1S/C4H9.4CH3.2Sn/c1-4(2)3;;;;;;/h1-3H3;4*1H3;;. The van der Waals surface area contributed by atoms with Gasteiger partial charge in [-0.2, -0.15) is 0 Å². The van der Waals surface area contributed by atoms with Gasteiger partial charge in [0.05, 0.1) is 0 Å². The topological polar surface area (TPSA) is 0 Å². The predicted octanol–water partition coefficient (Wildman–Crippen LogP) is 3.33. The van der Waals surface area contributed by atoms with E-state index in [0.717, 1.165) is 0 Å². The second-order valence-electron chi connectivity index (χ2n) is 4.00.